The Hall–Kier alpha value is -2.32. The molecular weight excluding hydrogens is 390 g/mol. The molecule has 7 nitrogen and oxygen atoms in total. The van der Waals surface area contributed by atoms with Gasteiger partial charge in [-0.05, 0) is 55.7 Å². The normalized spacial score (nSPS) is 18.9. The summed E-state index contributed by atoms with van der Waals surface area (Å²) in [7, 11) is -3.24. The van der Waals surface area contributed by atoms with E-state index in [9.17, 15) is 13.2 Å². The van der Waals surface area contributed by atoms with Crippen LogP contribution >= 0.6 is 0 Å². The molecule has 1 aliphatic heterocycles. The van der Waals surface area contributed by atoms with Crippen LogP contribution < -0.4 is 5.32 Å². The molecule has 1 saturated carbocycles. The Morgan fingerprint density at radius 1 is 1.10 bits per heavy atom. The minimum Gasteiger partial charge on any atom is -0.381 e. The van der Waals surface area contributed by atoms with E-state index in [0.29, 0.717) is 36.3 Å². The summed E-state index contributed by atoms with van der Waals surface area (Å²) in [4.78, 5) is 21.5. The van der Waals surface area contributed by atoms with Gasteiger partial charge in [0.1, 0.15) is 0 Å². The predicted molar refractivity (Wildman–Crippen MR) is 108 cm³/mol. The largest absolute Gasteiger partial charge is 0.381 e. The molecule has 1 amide bonds. The molecule has 0 spiro atoms. The number of rotatable bonds is 7. The van der Waals surface area contributed by atoms with Crippen LogP contribution in [-0.4, -0.2) is 42.8 Å². The smallest absolute Gasteiger partial charge is 0.233 e. The summed E-state index contributed by atoms with van der Waals surface area (Å²) < 4.78 is 30.4. The van der Waals surface area contributed by atoms with Gasteiger partial charge in [-0.2, -0.15) is 0 Å². The Kier molecular flexibility index (Phi) is 5.91. The molecular formula is C21H25N3O4S. The van der Waals surface area contributed by atoms with E-state index in [1.807, 2.05) is 0 Å². The third kappa shape index (κ3) is 4.82. The number of hydrogen-bond donors (Lipinski definition) is 1. The van der Waals surface area contributed by atoms with Gasteiger partial charge < -0.3 is 10.1 Å². The van der Waals surface area contributed by atoms with Crippen LogP contribution in [0.3, 0.4) is 0 Å². The summed E-state index contributed by atoms with van der Waals surface area (Å²) in [5, 5.41) is 2.60. The third-order valence-electron chi connectivity index (χ3n) is 5.62. The first-order valence-electron chi connectivity index (χ1n) is 10.0. The van der Waals surface area contributed by atoms with Gasteiger partial charge in [-0.1, -0.05) is 12.1 Å². The quantitative estimate of drug-likeness (QED) is 0.747. The van der Waals surface area contributed by atoms with Crippen molar-refractivity contribution in [3.63, 3.8) is 0 Å². The molecule has 8 heteroatoms. The molecule has 1 aliphatic carbocycles. The van der Waals surface area contributed by atoms with Crippen LogP contribution in [0.2, 0.25) is 0 Å². The molecule has 1 unspecified atom stereocenters. The summed E-state index contributed by atoms with van der Waals surface area (Å²) >= 11 is 0. The van der Waals surface area contributed by atoms with E-state index >= 15 is 0 Å². The first-order chi connectivity index (χ1) is 14.0. The van der Waals surface area contributed by atoms with Gasteiger partial charge >= 0.3 is 0 Å². The highest BCUT2D eigenvalue weighted by Crippen LogP contribution is 2.35. The van der Waals surface area contributed by atoms with Crippen molar-refractivity contribution < 1.29 is 17.9 Å². The number of anilines is 1. The fourth-order valence-electron chi connectivity index (χ4n) is 3.75. The SMILES string of the molecule is O=C(Nc1cnccn1)C(CC1CCOCC1)c1ccc(S(=O)(=O)C2CC2)cc1. The molecule has 1 atom stereocenters. The lowest BCUT2D eigenvalue weighted by Crippen LogP contribution is -2.26. The second-order valence-electron chi connectivity index (χ2n) is 7.74. The molecule has 1 saturated heterocycles. The molecule has 2 heterocycles. The van der Waals surface area contributed by atoms with Gasteiger partial charge in [-0.3, -0.25) is 9.78 Å². The summed E-state index contributed by atoms with van der Waals surface area (Å²) in [5.41, 5.74) is 0.813. The number of carbonyl (C=O) groups is 1. The maximum absolute atomic E-state index is 13.1. The average Bonchev–Trinajstić information content (AvgIpc) is 3.60. The van der Waals surface area contributed by atoms with Crippen LogP contribution in [0.4, 0.5) is 5.82 Å². The Balaban J connectivity index is 1.56. The summed E-state index contributed by atoms with van der Waals surface area (Å²) in [6.45, 7) is 1.42. The molecule has 2 aromatic rings. The molecule has 29 heavy (non-hydrogen) atoms. The van der Waals surface area contributed by atoms with Crippen molar-refractivity contribution in [2.45, 2.75) is 48.2 Å². The van der Waals surface area contributed by atoms with Crippen molar-refractivity contribution in [2.24, 2.45) is 5.92 Å². The third-order valence-corrected chi connectivity index (χ3v) is 7.89. The molecule has 1 aromatic heterocycles. The van der Waals surface area contributed by atoms with Gasteiger partial charge in [0.15, 0.2) is 15.7 Å². The summed E-state index contributed by atoms with van der Waals surface area (Å²) in [6, 6.07) is 6.82. The number of benzene rings is 1. The lowest BCUT2D eigenvalue weighted by Gasteiger charge is -2.26. The van der Waals surface area contributed by atoms with E-state index in [2.05, 4.69) is 15.3 Å². The van der Waals surface area contributed by atoms with Gasteiger partial charge in [0.25, 0.3) is 0 Å². The number of aromatic nitrogens is 2. The molecule has 154 valence electrons. The average molecular weight is 416 g/mol. The van der Waals surface area contributed by atoms with Crippen LogP contribution in [0.25, 0.3) is 0 Å². The predicted octanol–water partition coefficient (Wildman–Crippen LogP) is 2.95. The molecule has 1 aromatic carbocycles. The zero-order valence-corrected chi connectivity index (χ0v) is 17.0. The Morgan fingerprint density at radius 2 is 1.83 bits per heavy atom. The first kappa shape index (κ1) is 20.0. The van der Waals surface area contributed by atoms with E-state index in [1.165, 1.54) is 12.4 Å². The molecule has 2 fully saturated rings. The van der Waals surface area contributed by atoms with E-state index < -0.39 is 15.8 Å². The van der Waals surface area contributed by atoms with Gasteiger partial charge in [-0.15, -0.1) is 0 Å². The van der Waals surface area contributed by atoms with Crippen LogP contribution in [0.1, 0.15) is 43.6 Å². The van der Waals surface area contributed by atoms with E-state index in [1.54, 1.807) is 30.5 Å². The number of nitrogens with one attached hydrogen (secondary N) is 1. The number of amides is 1. The highest BCUT2D eigenvalue weighted by molar-refractivity contribution is 7.92. The second-order valence-corrected chi connectivity index (χ2v) is 9.97. The first-order valence-corrected chi connectivity index (χ1v) is 11.6. The summed E-state index contributed by atoms with van der Waals surface area (Å²) in [5.74, 6) is 0.242. The zero-order chi connectivity index (χ0) is 20.3. The Morgan fingerprint density at radius 3 is 2.45 bits per heavy atom. The van der Waals surface area contributed by atoms with Crippen LogP contribution in [0.5, 0.6) is 0 Å². The zero-order valence-electron chi connectivity index (χ0n) is 16.2. The van der Waals surface area contributed by atoms with Crippen LogP contribution in [0, 0.1) is 5.92 Å². The maximum Gasteiger partial charge on any atom is 0.233 e. The van der Waals surface area contributed by atoms with Crippen molar-refractivity contribution in [2.75, 3.05) is 18.5 Å². The van der Waals surface area contributed by atoms with Crippen molar-refractivity contribution >= 4 is 21.6 Å². The van der Waals surface area contributed by atoms with E-state index in [0.717, 1.165) is 31.2 Å². The lowest BCUT2D eigenvalue weighted by molar-refractivity contribution is -0.118. The van der Waals surface area contributed by atoms with Crippen LogP contribution in [-0.2, 0) is 19.4 Å². The van der Waals surface area contributed by atoms with E-state index in [-0.39, 0.29) is 11.2 Å². The highest BCUT2D eigenvalue weighted by Gasteiger charge is 2.37. The van der Waals surface area contributed by atoms with Crippen molar-refractivity contribution in [3.05, 3.63) is 48.4 Å². The summed E-state index contributed by atoms with van der Waals surface area (Å²) in [6.07, 6.45) is 8.58. The number of carbonyl (C=O) groups excluding carboxylic acids is 1. The fourth-order valence-corrected chi connectivity index (χ4v) is 5.40. The minimum absolute atomic E-state index is 0.158. The van der Waals surface area contributed by atoms with E-state index in [4.69, 9.17) is 4.74 Å². The lowest BCUT2D eigenvalue weighted by atomic mass is 9.84. The number of nitrogens with zero attached hydrogens (tertiary/aromatic N) is 2. The highest BCUT2D eigenvalue weighted by atomic mass is 32.2. The molecule has 0 radical (unpaired) electrons. The molecule has 1 N–H and O–H groups in total. The van der Waals surface area contributed by atoms with Crippen LogP contribution in [0.15, 0.2) is 47.8 Å². The second kappa shape index (κ2) is 8.59. The van der Waals surface area contributed by atoms with Crippen molar-refractivity contribution in [3.8, 4) is 0 Å². The van der Waals surface area contributed by atoms with Crippen molar-refractivity contribution in [1.82, 2.24) is 9.97 Å². The molecule has 4 rings (SSSR count). The Labute approximate surface area is 170 Å². The minimum atomic E-state index is -3.24. The van der Waals surface area contributed by atoms with Gasteiger partial charge in [0, 0.05) is 25.6 Å². The monoisotopic (exact) mass is 415 g/mol. The van der Waals surface area contributed by atoms with Gasteiger partial charge in [0.2, 0.25) is 5.91 Å². The Bertz CT molecular complexity index is 938. The van der Waals surface area contributed by atoms with Crippen molar-refractivity contribution in [1.29, 1.82) is 0 Å². The number of ether oxygens (including phenoxy) is 1. The van der Waals surface area contributed by atoms with Gasteiger partial charge in [-0.25, -0.2) is 13.4 Å². The number of hydrogen-bond acceptors (Lipinski definition) is 6. The topological polar surface area (TPSA) is 98.2 Å². The molecule has 0 bridgehead atoms. The van der Waals surface area contributed by atoms with Gasteiger partial charge in [0.05, 0.1) is 22.3 Å². The fraction of sp³-hybridized carbons (Fsp3) is 0.476. The maximum atomic E-state index is 13.1. The standard InChI is InChI=1S/C21H25N3O4S/c25-21(24-20-14-22-9-10-23-20)19(13-15-7-11-28-12-8-15)16-1-3-17(4-2-16)29(26,27)18-5-6-18/h1-4,9-10,14-15,18-19H,5-8,11-13H2,(H,23,24,25). The number of sulfone groups is 1. The molecule has 2 aliphatic rings.